The first-order valence-corrected chi connectivity index (χ1v) is 6.68. The Morgan fingerprint density at radius 3 is 2.76 bits per heavy atom. The Morgan fingerprint density at radius 1 is 1.38 bits per heavy atom. The van der Waals surface area contributed by atoms with E-state index in [0.29, 0.717) is 29.4 Å². The highest BCUT2D eigenvalue weighted by Gasteiger charge is 2.17. The van der Waals surface area contributed by atoms with Crippen LogP contribution in [-0.4, -0.2) is 50.0 Å². The number of nitrogens with zero attached hydrogens (tertiary/aromatic N) is 1. The molecule has 1 heterocycles. The molecule has 6 nitrogen and oxygen atoms in total. The molecule has 0 fully saturated rings. The van der Waals surface area contributed by atoms with Crippen LogP contribution in [-0.2, 0) is 4.79 Å². The minimum atomic E-state index is -1.01. The molecular weight excluding hydrogens is 274 g/mol. The molecule has 0 atom stereocenters. The van der Waals surface area contributed by atoms with E-state index >= 15 is 0 Å². The van der Waals surface area contributed by atoms with E-state index in [1.165, 1.54) is 6.08 Å². The molecule has 0 bridgehead atoms. The number of rotatable bonds is 7. The Bertz CT molecular complexity index is 539. The van der Waals surface area contributed by atoms with Gasteiger partial charge in [0.25, 0.3) is 0 Å². The quantitative estimate of drug-likeness (QED) is 0.611. The summed E-state index contributed by atoms with van der Waals surface area (Å²) < 4.78 is 16.3. The highest BCUT2D eigenvalue weighted by molar-refractivity contribution is 5.86. The van der Waals surface area contributed by atoms with Crippen molar-refractivity contribution in [2.24, 2.45) is 0 Å². The average Bonchev–Trinajstić information content (AvgIpc) is 2.87. The summed E-state index contributed by atoms with van der Waals surface area (Å²) in [4.78, 5) is 12.7. The molecule has 0 aromatic heterocycles. The zero-order valence-electron chi connectivity index (χ0n) is 12.2. The minimum absolute atomic E-state index is 0.168. The molecule has 0 spiro atoms. The van der Waals surface area contributed by atoms with Gasteiger partial charge in [-0.1, -0.05) is 0 Å². The lowest BCUT2D eigenvalue weighted by Crippen LogP contribution is -2.15. The van der Waals surface area contributed by atoms with E-state index < -0.39 is 5.97 Å². The highest BCUT2D eigenvalue weighted by Crippen LogP contribution is 2.38. The summed E-state index contributed by atoms with van der Waals surface area (Å²) in [6.45, 7) is 1.64. The molecule has 0 radical (unpaired) electrons. The van der Waals surface area contributed by atoms with Crippen molar-refractivity contribution in [3.05, 3.63) is 23.8 Å². The molecule has 6 heteroatoms. The van der Waals surface area contributed by atoms with Crippen LogP contribution in [0.2, 0.25) is 0 Å². The van der Waals surface area contributed by atoms with Gasteiger partial charge >= 0.3 is 5.97 Å². The highest BCUT2D eigenvalue weighted by atomic mass is 16.7. The Morgan fingerprint density at radius 2 is 2.10 bits per heavy atom. The molecule has 0 amide bonds. The van der Waals surface area contributed by atoms with Gasteiger partial charge in [0, 0.05) is 24.3 Å². The van der Waals surface area contributed by atoms with E-state index in [-0.39, 0.29) is 6.79 Å². The Labute approximate surface area is 123 Å². The minimum Gasteiger partial charge on any atom is -0.493 e. The van der Waals surface area contributed by atoms with Crippen molar-refractivity contribution in [2.75, 3.05) is 34.0 Å². The van der Waals surface area contributed by atoms with Crippen molar-refractivity contribution in [1.29, 1.82) is 0 Å². The largest absolute Gasteiger partial charge is 0.493 e. The van der Waals surface area contributed by atoms with Crippen LogP contribution in [0.4, 0.5) is 0 Å². The van der Waals surface area contributed by atoms with Crippen LogP contribution in [0.5, 0.6) is 17.2 Å². The third-order valence-electron chi connectivity index (χ3n) is 2.92. The van der Waals surface area contributed by atoms with Crippen LogP contribution in [0, 0.1) is 0 Å². The first-order chi connectivity index (χ1) is 10.1. The lowest BCUT2D eigenvalue weighted by molar-refractivity contribution is -0.131. The van der Waals surface area contributed by atoms with Crippen molar-refractivity contribution in [2.45, 2.75) is 6.42 Å². The van der Waals surface area contributed by atoms with Gasteiger partial charge in [-0.3, -0.25) is 0 Å². The van der Waals surface area contributed by atoms with Crippen molar-refractivity contribution in [1.82, 2.24) is 4.90 Å². The van der Waals surface area contributed by atoms with E-state index in [2.05, 4.69) is 4.90 Å². The molecule has 114 valence electrons. The maximum atomic E-state index is 10.7. The number of carboxylic acid groups (broad SMARTS) is 1. The molecular formula is C15H19NO5. The van der Waals surface area contributed by atoms with Crippen LogP contribution < -0.4 is 14.2 Å². The van der Waals surface area contributed by atoms with Crippen LogP contribution in [0.1, 0.15) is 12.0 Å². The molecule has 0 unspecified atom stereocenters. The first-order valence-electron chi connectivity index (χ1n) is 6.68. The van der Waals surface area contributed by atoms with Gasteiger partial charge in [-0.05, 0) is 32.7 Å². The summed E-state index contributed by atoms with van der Waals surface area (Å²) in [6, 6.07) is 3.46. The van der Waals surface area contributed by atoms with E-state index in [9.17, 15) is 4.79 Å². The Hall–Kier alpha value is -2.21. The second-order valence-corrected chi connectivity index (χ2v) is 4.92. The number of ether oxygens (including phenoxy) is 3. The zero-order valence-corrected chi connectivity index (χ0v) is 12.2. The van der Waals surface area contributed by atoms with Crippen LogP contribution in [0.15, 0.2) is 18.2 Å². The van der Waals surface area contributed by atoms with Crippen molar-refractivity contribution in [3.63, 3.8) is 0 Å². The maximum absolute atomic E-state index is 10.7. The molecule has 21 heavy (non-hydrogen) atoms. The van der Waals surface area contributed by atoms with Crippen LogP contribution in [0.3, 0.4) is 0 Å². The van der Waals surface area contributed by atoms with Gasteiger partial charge in [0.05, 0.1) is 6.61 Å². The third kappa shape index (κ3) is 4.39. The van der Waals surface area contributed by atoms with Gasteiger partial charge in [0.1, 0.15) is 5.75 Å². The number of benzene rings is 1. The number of fused-ring (bicyclic) bond motifs is 1. The normalized spacial score (nSPS) is 13.1. The van der Waals surface area contributed by atoms with Crippen molar-refractivity contribution in [3.8, 4) is 17.2 Å². The fraction of sp³-hybridized carbons (Fsp3) is 0.400. The molecule has 0 aliphatic carbocycles. The fourth-order valence-corrected chi connectivity index (χ4v) is 1.92. The standard InChI is InChI=1S/C15H19NO5/c1-16(2)6-3-7-19-12-9-14-13(20-10-21-14)8-11(12)4-5-15(17)18/h4-5,8-9H,3,6-7,10H2,1-2H3,(H,17,18)/b5-4+. The van der Waals surface area contributed by atoms with Crippen LogP contribution >= 0.6 is 0 Å². The molecule has 1 aliphatic heterocycles. The molecule has 0 saturated carbocycles. The molecule has 1 aliphatic rings. The first kappa shape index (κ1) is 15.2. The SMILES string of the molecule is CN(C)CCCOc1cc2c(cc1/C=C/C(=O)O)OCO2. The predicted molar refractivity (Wildman–Crippen MR) is 77.9 cm³/mol. The topological polar surface area (TPSA) is 68.2 Å². The van der Waals surface area contributed by atoms with Gasteiger partial charge in [0.2, 0.25) is 6.79 Å². The summed E-state index contributed by atoms with van der Waals surface area (Å²) in [5.74, 6) is 0.799. The summed E-state index contributed by atoms with van der Waals surface area (Å²) in [5.41, 5.74) is 0.659. The van der Waals surface area contributed by atoms with E-state index in [1.54, 1.807) is 12.1 Å². The molecule has 1 aromatic rings. The van der Waals surface area contributed by atoms with Gasteiger partial charge in [-0.25, -0.2) is 4.79 Å². The summed E-state index contributed by atoms with van der Waals surface area (Å²) in [5, 5.41) is 8.75. The molecule has 1 aromatic carbocycles. The monoisotopic (exact) mass is 293 g/mol. The number of hydrogen-bond acceptors (Lipinski definition) is 5. The number of aliphatic carboxylic acids is 1. The lowest BCUT2D eigenvalue weighted by atomic mass is 10.1. The Balaban J connectivity index is 2.11. The fourth-order valence-electron chi connectivity index (χ4n) is 1.92. The average molecular weight is 293 g/mol. The van der Waals surface area contributed by atoms with Crippen LogP contribution in [0.25, 0.3) is 6.08 Å². The van der Waals surface area contributed by atoms with Gasteiger partial charge < -0.3 is 24.2 Å². The maximum Gasteiger partial charge on any atom is 0.328 e. The van der Waals surface area contributed by atoms with Gasteiger partial charge in [-0.15, -0.1) is 0 Å². The predicted octanol–water partition coefficient (Wildman–Crippen LogP) is 1.84. The lowest BCUT2D eigenvalue weighted by Gasteiger charge is -2.12. The summed E-state index contributed by atoms with van der Waals surface area (Å²) in [6.07, 6.45) is 3.44. The van der Waals surface area contributed by atoms with E-state index in [4.69, 9.17) is 19.3 Å². The summed E-state index contributed by atoms with van der Waals surface area (Å²) in [7, 11) is 4.00. The van der Waals surface area contributed by atoms with Gasteiger partial charge in [-0.2, -0.15) is 0 Å². The van der Waals surface area contributed by atoms with Gasteiger partial charge in [0.15, 0.2) is 11.5 Å². The number of hydrogen-bond donors (Lipinski definition) is 1. The second kappa shape index (κ2) is 6.99. The molecule has 1 N–H and O–H groups in total. The van der Waals surface area contributed by atoms with Crippen molar-refractivity contribution >= 4 is 12.0 Å². The zero-order chi connectivity index (χ0) is 15.2. The second-order valence-electron chi connectivity index (χ2n) is 4.92. The number of carbonyl (C=O) groups is 1. The van der Waals surface area contributed by atoms with Crippen molar-refractivity contribution < 1.29 is 24.1 Å². The molecule has 0 saturated heterocycles. The Kier molecular flexibility index (Phi) is 5.05. The van der Waals surface area contributed by atoms with E-state index in [0.717, 1.165) is 19.0 Å². The number of carboxylic acids is 1. The molecule has 2 rings (SSSR count). The third-order valence-corrected chi connectivity index (χ3v) is 2.92. The smallest absolute Gasteiger partial charge is 0.328 e. The summed E-state index contributed by atoms with van der Waals surface area (Å²) >= 11 is 0. The van der Waals surface area contributed by atoms with E-state index in [1.807, 2.05) is 14.1 Å².